The molecule has 0 aliphatic heterocycles. The van der Waals surface area contributed by atoms with E-state index in [2.05, 4.69) is 20.3 Å². The van der Waals surface area contributed by atoms with Crippen LogP contribution < -0.4 is 18.9 Å². The van der Waals surface area contributed by atoms with E-state index in [1.807, 2.05) is 0 Å². The summed E-state index contributed by atoms with van der Waals surface area (Å²) in [7, 11) is 0. The van der Waals surface area contributed by atoms with E-state index in [9.17, 15) is 0 Å². The van der Waals surface area contributed by atoms with Gasteiger partial charge in [0, 0.05) is 0 Å². The predicted molar refractivity (Wildman–Crippen MR) is 38.7 cm³/mol. The van der Waals surface area contributed by atoms with Gasteiger partial charge in [-0.15, -0.1) is 0 Å². The van der Waals surface area contributed by atoms with Crippen LogP contribution in [-0.4, -0.2) is 0 Å². The van der Waals surface area contributed by atoms with Gasteiger partial charge in [0.2, 0.25) is 0 Å². The van der Waals surface area contributed by atoms with Crippen LogP contribution in [0.3, 0.4) is 0 Å². The summed E-state index contributed by atoms with van der Waals surface area (Å²) in [4.78, 5) is 0. The van der Waals surface area contributed by atoms with Gasteiger partial charge in [-0.05, 0) is 0 Å². The van der Waals surface area contributed by atoms with E-state index in [0.717, 1.165) is 0 Å². The van der Waals surface area contributed by atoms with Gasteiger partial charge < -0.3 is 6.42 Å². The summed E-state index contributed by atoms with van der Waals surface area (Å²) in [5.74, 6) is 0. The molecule has 0 saturated heterocycles. The molecule has 0 aromatic heterocycles. The first-order valence-electron chi connectivity index (χ1n) is 3.69. The van der Waals surface area contributed by atoms with Crippen LogP contribution in [0.2, 0.25) is 0 Å². The Hall–Kier alpha value is 0.597. The molecule has 0 aromatic carbocycles. The standard InChI is InChI=1S/C8H17.Li/c1-3-5-7-8-6-4-2;/h3H,4-8H2,1-2H3;/q-1;+1. The number of rotatable bonds is 5. The molecule has 0 saturated carbocycles. The fourth-order valence-electron chi connectivity index (χ4n) is 0.775. The van der Waals surface area contributed by atoms with Crippen molar-refractivity contribution in [2.75, 3.05) is 0 Å². The zero-order valence-electron chi connectivity index (χ0n) is 7.11. The van der Waals surface area contributed by atoms with Crippen LogP contribution in [-0.2, 0) is 0 Å². The second-order valence-corrected chi connectivity index (χ2v) is 2.26. The summed E-state index contributed by atoms with van der Waals surface area (Å²) in [6, 6.07) is 0. The first kappa shape index (κ1) is 12.3. The third-order valence-corrected chi connectivity index (χ3v) is 1.35. The summed E-state index contributed by atoms with van der Waals surface area (Å²) < 4.78 is 0. The molecule has 0 aliphatic carbocycles. The maximum atomic E-state index is 2.25. The van der Waals surface area contributed by atoms with Gasteiger partial charge in [-0.3, -0.25) is 0 Å². The topological polar surface area (TPSA) is 0 Å². The molecule has 0 amide bonds. The third kappa shape index (κ3) is 11.9. The molecule has 0 fully saturated rings. The van der Waals surface area contributed by atoms with Crippen molar-refractivity contribution in [1.29, 1.82) is 0 Å². The summed E-state index contributed by atoms with van der Waals surface area (Å²) in [5, 5.41) is 0. The number of unbranched alkanes of at least 4 members (excludes halogenated alkanes) is 5. The maximum absolute atomic E-state index is 2.25. The van der Waals surface area contributed by atoms with Gasteiger partial charge in [0.15, 0.2) is 0 Å². The van der Waals surface area contributed by atoms with Crippen molar-refractivity contribution in [3.8, 4) is 0 Å². The molecule has 9 heavy (non-hydrogen) atoms. The Balaban J connectivity index is 0. The monoisotopic (exact) mass is 120 g/mol. The first-order chi connectivity index (χ1) is 3.91. The minimum absolute atomic E-state index is 0. The third-order valence-electron chi connectivity index (χ3n) is 1.35. The van der Waals surface area contributed by atoms with Crippen LogP contribution in [0.5, 0.6) is 0 Å². The zero-order valence-corrected chi connectivity index (χ0v) is 7.11. The SMILES string of the molecule is C[CH-]CCCCCC.[Li+]. The minimum atomic E-state index is 0. The van der Waals surface area contributed by atoms with Crippen molar-refractivity contribution in [3.63, 3.8) is 0 Å². The maximum Gasteiger partial charge on any atom is 1.00 e. The van der Waals surface area contributed by atoms with E-state index in [1.54, 1.807) is 0 Å². The molecule has 50 valence electrons. The average molecular weight is 120 g/mol. The zero-order chi connectivity index (χ0) is 6.24. The molecule has 0 radical (unpaired) electrons. The Morgan fingerprint density at radius 3 is 2.22 bits per heavy atom. The molecule has 0 bridgehead atoms. The first-order valence-corrected chi connectivity index (χ1v) is 3.69. The summed E-state index contributed by atoms with van der Waals surface area (Å²) >= 11 is 0. The van der Waals surface area contributed by atoms with Crippen LogP contribution in [0.4, 0.5) is 0 Å². The van der Waals surface area contributed by atoms with Crippen molar-refractivity contribution in [2.24, 2.45) is 0 Å². The van der Waals surface area contributed by atoms with Crippen molar-refractivity contribution in [3.05, 3.63) is 6.42 Å². The molecule has 0 N–H and O–H groups in total. The van der Waals surface area contributed by atoms with Gasteiger partial charge in [0.1, 0.15) is 0 Å². The minimum Gasteiger partial charge on any atom is -0.332 e. The average Bonchev–Trinajstić information content (AvgIpc) is 1.81. The molecule has 0 rings (SSSR count). The van der Waals surface area contributed by atoms with Gasteiger partial charge in [-0.1, -0.05) is 32.6 Å². The van der Waals surface area contributed by atoms with E-state index in [-0.39, 0.29) is 18.9 Å². The molecular formula is C8H17Li. The van der Waals surface area contributed by atoms with Crippen molar-refractivity contribution < 1.29 is 18.9 Å². The molecule has 0 aliphatic rings. The molecule has 0 aromatic rings. The number of hydrogen-bond donors (Lipinski definition) is 0. The van der Waals surface area contributed by atoms with Crippen molar-refractivity contribution >= 4 is 0 Å². The smallest absolute Gasteiger partial charge is 0.332 e. The van der Waals surface area contributed by atoms with Gasteiger partial charge in [-0.25, -0.2) is 0 Å². The largest absolute Gasteiger partial charge is 1.00 e. The van der Waals surface area contributed by atoms with Crippen molar-refractivity contribution in [2.45, 2.75) is 46.0 Å². The Labute approximate surface area is 71.6 Å². The fourth-order valence-corrected chi connectivity index (χ4v) is 0.775. The Kier molecular flexibility index (Phi) is 15.6. The molecule has 0 spiro atoms. The van der Waals surface area contributed by atoms with Crippen LogP contribution in [0.1, 0.15) is 46.0 Å². The van der Waals surface area contributed by atoms with Gasteiger partial charge in [0.25, 0.3) is 0 Å². The number of hydrogen-bond acceptors (Lipinski definition) is 0. The van der Waals surface area contributed by atoms with Crippen molar-refractivity contribution in [1.82, 2.24) is 0 Å². The molecule has 1 heteroatoms. The second-order valence-electron chi connectivity index (χ2n) is 2.26. The summed E-state index contributed by atoms with van der Waals surface area (Å²) in [6.07, 6.45) is 9.12. The molecular weight excluding hydrogens is 103 g/mol. The second kappa shape index (κ2) is 11.4. The van der Waals surface area contributed by atoms with Crippen LogP contribution in [0, 0.1) is 6.42 Å². The van der Waals surface area contributed by atoms with E-state index >= 15 is 0 Å². The van der Waals surface area contributed by atoms with E-state index in [1.165, 1.54) is 32.1 Å². The summed E-state index contributed by atoms with van der Waals surface area (Å²) in [5.41, 5.74) is 0. The van der Waals surface area contributed by atoms with Crippen LogP contribution >= 0.6 is 0 Å². The molecule has 0 unspecified atom stereocenters. The fraction of sp³-hybridized carbons (Fsp3) is 0.875. The quantitative estimate of drug-likeness (QED) is 0.276. The van der Waals surface area contributed by atoms with E-state index < -0.39 is 0 Å². The molecule has 0 atom stereocenters. The van der Waals surface area contributed by atoms with Crippen LogP contribution in [0.15, 0.2) is 0 Å². The predicted octanol–water partition coefficient (Wildman–Crippen LogP) is 0.185. The summed E-state index contributed by atoms with van der Waals surface area (Å²) in [6.45, 7) is 4.38. The Morgan fingerprint density at radius 1 is 1.11 bits per heavy atom. The van der Waals surface area contributed by atoms with E-state index in [0.29, 0.717) is 0 Å². The molecule has 0 nitrogen and oxygen atoms in total. The van der Waals surface area contributed by atoms with E-state index in [4.69, 9.17) is 0 Å². The van der Waals surface area contributed by atoms with Crippen LogP contribution in [0.25, 0.3) is 0 Å². The van der Waals surface area contributed by atoms with Gasteiger partial charge >= 0.3 is 18.9 Å². The normalized spacial score (nSPS) is 8.67. The molecule has 0 heterocycles. The van der Waals surface area contributed by atoms with Gasteiger partial charge in [0.05, 0.1) is 0 Å². The Morgan fingerprint density at radius 2 is 1.78 bits per heavy atom. The Bertz CT molecular complexity index is 29.5. The van der Waals surface area contributed by atoms with Gasteiger partial charge in [-0.2, -0.15) is 13.3 Å².